The fourth-order valence-electron chi connectivity index (χ4n) is 3.95. The highest BCUT2D eigenvalue weighted by atomic mass is 35.5. The molecule has 1 fully saturated rings. The summed E-state index contributed by atoms with van der Waals surface area (Å²) in [6.07, 6.45) is 2.82. The second kappa shape index (κ2) is 6.35. The van der Waals surface area contributed by atoms with Crippen molar-refractivity contribution in [2.45, 2.75) is 28.9 Å². The predicted molar refractivity (Wildman–Crippen MR) is 113 cm³/mol. The number of fused-ring (bicyclic) bond motifs is 3. The number of hydrogen-bond donors (Lipinski definition) is 2. The van der Waals surface area contributed by atoms with Crippen LogP contribution in [0.4, 0.5) is 5.69 Å². The first-order chi connectivity index (χ1) is 13.4. The number of sulfonamides is 1. The van der Waals surface area contributed by atoms with Gasteiger partial charge in [-0.2, -0.15) is 4.72 Å². The van der Waals surface area contributed by atoms with Crippen LogP contribution in [0, 0.1) is 0 Å². The normalized spacial score (nSPS) is 28.2. The van der Waals surface area contributed by atoms with E-state index in [1.54, 1.807) is 12.1 Å². The third-order valence-electron chi connectivity index (χ3n) is 5.50. The molecule has 3 atom stereocenters. The number of amides is 1. The van der Waals surface area contributed by atoms with Gasteiger partial charge in [-0.15, -0.1) is 11.8 Å². The molecule has 1 aliphatic carbocycles. The van der Waals surface area contributed by atoms with Crippen LogP contribution in [-0.4, -0.2) is 24.4 Å². The van der Waals surface area contributed by atoms with E-state index >= 15 is 0 Å². The summed E-state index contributed by atoms with van der Waals surface area (Å²) >= 11 is 7.23. The van der Waals surface area contributed by atoms with Crippen molar-refractivity contribution >= 4 is 49.9 Å². The zero-order valence-electron chi connectivity index (χ0n) is 14.7. The van der Waals surface area contributed by atoms with E-state index in [0.29, 0.717) is 17.9 Å². The van der Waals surface area contributed by atoms with Crippen LogP contribution in [0.3, 0.4) is 0 Å². The number of thioether (sulfide) groups is 1. The van der Waals surface area contributed by atoms with Crippen LogP contribution >= 0.6 is 23.4 Å². The molecule has 0 aromatic heterocycles. The van der Waals surface area contributed by atoms with E-state index in [2.05, 4.69) is 10.0 Å². The predicted octanol–water partition coefficient (Wildman–Crippen LogP) is 3.94. The molecular formula is C20H17ClN2O3S2. The van der Waals surface area contributed by atoms with Gasteiger partial charge < -0.3 is 5.32 Å². The molecule has 8 heteroatoms. The average molecular weight is 433 g/mol. The Hall–Kier alpha value is -1.80. The summed E-state index contributed by atoms with van der Waals surface area (Å²) in [6, 6.07) is 14.9. The minimum atomic E-state index is -3.69. The van der Waals surface area contributed by atoms with Gasteiger partial charge in [0.2, 0.25) is 15.9 Å². The highest BCUT2D eigenvalue weighted by molar-refractivity contribution is 8.18. The van der Waals surface area contributed by atoms with Gasteiger partial charge in [0.05, 0.1) is 0 Å². The zero-order valence-corrected chi connectivity index (χ0v) is 17.1. The molecular weight excluding hydrogens is 416 g/mol. The summed E-state index contributed by atoms with van der Waals surface area (Å²) in [6.45, 7) is 0. The highest BCUT2D eigenvalue weighted by Crippen LogP contribution is 2.57. The van der Waals surface area contributed by atoms with Crippen LogP contribution in [-0.2, 0) is 14.8 Å². The van der Waals surface area contributed by atoms with Crippen LogP contribution in [0.25, 0.3) is 4.91 Å². The van der Waals surface area contributed by atoms with E-state index in [1.165, 1.54) is 11.8 Å². The fraction of sp³-hybridized carbons (Fsp3) is 0.250. The molecule has 5 nitrogen and oxygen atoms in total. The molecule has 0 saturated heterocycles. The van der Waals surface area contributed by atoms with Crippen molar-refractivity contribution < 1.29 is 13.2 Å². The second-order valence-corrected chi connectivity index (χ2v) is 11.1. The summed E-state index contributed by atoms with van der Waals surface area (Å²) < 4.78 is 28.2. The Labute approximate surface area is 172 Å². The summed E-state index contributed by atoms with van der Waals surface area (Å²) in [4.78, 5) is 13.6. The molecule has 5 rings (SSSR count). The Morgan fingerprint density at radius 3 is 2.68 bits per heavy atom. The number of anilines is 1. The number of para-hydroxylation sites is 1. The van der Waals surface area contributed by atoms with Gasteiger partial charge >= 0.3 is 0 Å². The second-order valence-electron chi connectivity index (χ2n) is 7.27. The lowest BCUT2D eigenvalue weighted by molar-refractivity contribution is -0.119. The zero-order chi connectivity index (χ0) is 19.5. The van der Waals surface area contributed by atoms with E-state index in [1.807, 2.05) is 42.5 Å². The molecule has 28 heavy (non-hydrogen) atoms. The number of rotatable bonds is 4. The van der Waals surface area contributed by atoms with Crippen molar-refractivity contribution in [1.82, 2.24) is 4.72 Å². The van der Waals surface area contributed by atoms with Gasteiger partial charge in [-0.3, -0.25) is 4.79 Å². The van der Waals surface area contributed by atoms with Gasteiger partial charge in [0.1, 0.15) is 10.1 Å². The molecule has 0 spiro atoms. The van der Waals surface area contributed by atoms with E-state index < -0.39 is 20.1 Å². The molecule has 2 aromatic carbocycles. The maximum Gasteiger partial charge on any atom is 0.246 e. The van der Waals surface area contributed by atoms with Crippen molar-refractivity contribution in [3.63, 3.8) is 0 Å². The Kier molecular flexibility index (Phi) is 4.14. The monoisotopic (exact) mass is 432 g/mol. The van der Waals surface area contributed by atoms with Crippen molar-refractivity contribution in [3.8, 4) is 0 Å². The number of benzene rings is 2. The summed E-state index contributed by atoms with van der Waals surface area (Å²) in [5.41, 5.74) is 1.64. The van der Waals surface area contributed by atoms with Gasteiger partial charge in [-0.1, -0.05) is 48.0 Å². The Morgan fingerprint density at radius 1 is 1.14 bits per heavy atom. The lowest BCUT2D eigenvalue weighted by Crippen LogP contribution is -2.51. The first kappa shape index (κ1) is 18.2. The largest absolute Gasteiger partial charge is 0.324 e. The number of nitrogens with one attached hydrogen (secondary N) is 2. The molecule has 2 N–H and O–H groups in total. The first-order valence-corrected chi connectivity index (χ1v) is 11.8. The molecule has 2 heterocycles. The number of hydrogen-bond acceptors (Lipinski definition) is 4. The van der Waals surface area contributed by atoms with Gasteiger partial charge in [-0.25, -0.2) is 8.42 Å². The number of allylic oxidation sites excluding steroid dienone is 1. The third kappa shape index (κ3) is 2.88. The van der Waals surface area contributed by atoms with Gasteiger partial charge in [-0.05, 0) is 42.2 Å². The van der Waals surface area contributed by atoms with Gasteiger partial charge in [0, 0.05) is 21.5 Å². The Balaban J connectivity index is 1.34. The van der Waals surface area contributed by atoms with Crippen molar-refractivity contribution in [2.75, 3.05) is 5.32 Å². The number of halogens is 1. The number of carbonyl (C=O) groups is 1. The molecule has 1 saturated carbocycles. The topological polar surface area (TPSA) is 75.3 Å². The standard InChI is InChI=1S/C20H17ClN2O3S2/c21-13-7-5-12(6-8-13)17-9-10-18(27-17)28(25,26)23-20-11-15(20)14-3-1-2-4-16(14)22-19(20)24/h1-9,15,18,23H,10-11H2,(H,22,24). The van der Waals surface area contributed by atoms with Crippen LogP contribution in [0.2, 0.25) is 5.02 Å². The van der Waals surface area contributed by atoms with E-state index in [9.17, 15) is 13.2 Å². The first-order valence-electron chi connectivity index (χ1n) is 8.95. The molecule has 1 amide bonds. The van der Waals surface area contributed by atoms with Crippen molar-refractivity contribution in [2.24, 2.45) is 0 Å². The third-order valence-corrected chi connectivity index (χ3v) is 9.45. The Morgan fingerprint density at radius 2 is 1.89 bits per heavy atom. The van der Waals surface area contributed by atoms with Crippen LogP contribution in [0.1, 0.15) is 29.9 Å². The summed E-state index contributed by atoms with van der Waals surface area (Å²) in [5.74, 6) is -0.379. The van der Waals surface area contributed by atoms with Crippen molar-refractivity contribution in [1.29, 1.82) is 0 Å². The van der Waals surface area contributed by atoms with E-state index in [-0.39, 0.29) is 11.8 Å². The highest BCUT2D eigenvalue weighted by Gasteiger charge is 2.65. The van der Waals surface area contributed by atoms with Gasteiger partial charge in [0.15, 0.2) is 0 Å². The average Bonchev–Trinajstić information content (AvgIpc) is 3.18. The molecule has 2 aliphatic heterocycles. The van der Waals surface area contributed by atoms with Crippen molar-refractivity contribution in [3.05, 3.63) is 70.8 Å². The maximum absolute atomic E-state index is 13.1. The van der Waals surface area contributed by atoms with E-state index in [0.717, 1.165) is 21.7 Å². The SMILES string of the molecule is O=C1Nc2ccccc2C2CC12NS(=O)(=O)C1CC=C(c2ccc(Cl)cc2)S1. The number of carbonyl (C=O) groups excluding carboxylic acids is 1. The van der Waals surface area contributed by atoms with Gasteiger partial charge in [0.25, 0.3) is 0 Å². The Bertz CT molecular complexity index is 1110. The fourth-order valence-corrected chi connectivity index (χ4v) is 7.28. The molecule has 3 aliphatic rings. The summed E-state index contributed by atoms with van der Waals surface area (Å²) in [7, 11) is -3.69. The quantitative estimate of drug-likeness (QED) is 0.767. The minimum Gasteiger partial charge on any atom is -0.324 e. The summed E-state index contributed by atoms with van der Waals surface area (Å²) in [5, 5.41) is 3.49. The maximum atomic E-state index is 13.1. The molecule has 144 valence electrons. The lowest BCUT2D eigenvalue weighted by atomic mass is 10.00. The van der Waals surface area contributed by atoms with Crippen LogP contribution in [0.15, 0.2) is 54.6 Å². The minimum absolute atomic E-state index is 0.109. The molecule has 0 bridgehead atoms. The lowest BCUT2D eigenvalue weighted by Gasteiger charge is -2.26. The smallest absolute Gasteiger partial charge is 0.246 e. The molecule has 2 aromatic rings. The molecule has 3 unspecified atom stereocenters. The molecule has 0 radical (unpaired) electrons. The van der Waals surface area contributed by atoms with E-state index in [4.69, 9.17) is 11.6 Å². The van der Waals surface area contributed by atoms with Crippen LogP contribution in [0.5, 0.6) is 0 Å². The van der Waals surface area contributed by atoms with Crippen LogP contribution < -0.4 is 10.0 Å².